The minimum atomic E-state index is -0.871. The molecule has 7 heteroatoms. The van der Waals surface area contributed by atoms with Gasteiger partial charge in [0.2, 0.25) is 5.89 Å². The summed E-state index contributed by atoms with van der Waals surface area (Å²) in [4.78, 5) is 28.8. The molecule has 0 fully saturated rings. The normalized spacial score (nSPS) is 10.9. The molecule has 40 heavy (non-hydrogen) atoms. The molecule has 0 atom stereocenters. The number of benzene rings is 4. The van der Waals surface area contributed by atoms with Crippen LogP contribution in [0.4, 0.5) is 0 Å². The number of aryl methyl sites for hydroxylation is 2. The first kappa shape index (κ1) is 26.7. The highest BCUT2D eigenvalue weighted by atomic mass is 16.5. The number of ether oxygens (including phenoxy) is 1. The van der Waals surface area contributed by atoms with E-state index in [4.69, 9.17) is 9.15 Å². The van der Waals surface area contributed by atoms with E-state index in [1.54, 1.807) is 6.07 Å². The number of fused-ring (bicyclic) bond motifs is 1. The van der Waals surface area contributed by atoms with Gasteiger partial charge in [-0.15, -0.1) is 0 Å². The zero-order valence-corrected chi connectivity index (χ0v) is 22.2. The molecule has 0 aliphatic carbocycles. The third-order valence-corrected chi connectivity index (χ3v) is 6.76. The molecule has 0 radical (unpaired) electrons. The molecule has 1 heterocycles. The van der Waals surface area contributed by atoms with Crippen LogP contribution in [0.1, 0.15) is 39.4 Å². The lowest BCUT2D eigenvalue weighted by atomic mass is 10.0. The molecule has 1 aromatic heterocycles. The molecule has 0 saturated heterocycles. The third kappa shape index (κ3) is 6.56. The van der Waals surface area contributed by atoms with Crippen molar-refractivity contribution in [3.63, 3.8) is 0 Å². The van der Waals surface area contributed by atoms with Crippen LogP contribution in [-0.4, -0.2) is 28.6 Å². The number of amides is 1. The van der Waals surface area contributed by atoms with Gasteiger partial charge in [0.15, 0.2) is 0 Å². The van der Waals surface area contributed by atoms with Crippen LogP contribution >= 0.6 is 0 Å². The summed E-state index contributed by atoms with van der Waals surface area (Å²) in [6, 6.07) is 28.8. The first-order chi connectivity index (χ1) is 19.5. The predicted molar refractivity (Wildman–Crippen MR) is 153 cm³/mol. The van der Waals surface area contributed by atoms with Gasteiger partial charge in [-0.25, -0.2) is 4.98 Å². The van der Waals surface area contributed by atoms with Crippen molar-refractivity contribution in [2.45, 2.75) is 32.7 Å². The number of aliphatic carboxylic acids is 1. The highest BCUT2D eigenvalue weighted by Crippen LogP contribution is 2.23. The van der Waals surface area contributed by atoms with Crippen LogP contribution in [0, 0.1) is 6.92 Å². The molecule has 2 N–H and O–H groups in total. The van der Waals surface area contributed by atoms with Crippen molar-refractivity contribution in [3.8, 4) is 17.2 Å². The summed E-state index contributed by atoms with van der Waals surface area (Å²) in [7, 11) is 0. The highest BCUT2D eigenvalue weighted by Gasteiger charge is 2.13. The number of carboxylic acid groups (broad SMARTS) is 1. The molecule has 0 unspecified atom stereocenters. The Hall–Kier alpha value is -4.91. The van der Waals surface area contributed by atoms with Gasteiger partial charge in [0.05, 0.1) is 12.3 Å². The molecule has 5 rings (SSSR count). The van der Waals surface area contributed by atoms with Crippen LogP contribution < -0.4 is 10.1 Å². The van der Waals surface area contributed by atoms with Crippen LogP contribution in [0.5, 0.6) is 5.75 Å². The maximum Gasteiger partial charge on any atom is 0.303 e. The fourth-order valence-electron chi connectivity index (χ4n) is 4.58. The van der Waals surface area contributed by atoms with E-state index < -0.39 is 5.97 Å². The van der Waals surface area contributed by atoms with Gasteiger partial charge in [-0.05, 0) is 71.6 Å². The van der Waals surface area contributed by atoms with Crippen molar-refractivity contribution in [1.29, 1.82) is 0 Å². The van der Waals surface area contributed by atoms with Crippen LogP contribution in [0.2, 0.25) is 0 Å². The van der Waals surface area contributed by atoms with Crippen LogP contribution in [0.25, 0.3) is 22.2 Å². The number of carbonyl (C=O) groups is 2. The Morgan fingerprint density at radius 3 is 2.45 bits per heavy atom. The van der Waals surface area contributed by atoms with Gasteiger partial charge in [-0.2, -0.15) is 0 Å². The van der Waals surface area contributed by atoms with Gasteiger partial charge < -0.3 is 19.6 Å². The fourth-order valence-corrected chi connectivity index (χ4v) is 4.58. The molecule has 0 aliphatic rings. The third-order valence-electron chi connectivity index (χ3n) is 6.76. The average Bonchev–Trinajstić information content (AvgIpc) is 3.35. The number of carboxylic acids is 1. The topological polar surface area (TPSA) is 102 Å². The number of aromatic nitrogens is 1. The maximum absolute atomic E-state index is 12.9. The number of hydrogen-bond donors (Lipinski definition) is 2. The van der Waals surface area contributed by atoms with Gasteiger partial charge in [-0.3, -0.25) is 9.59 Å². The number of nitrogens with one attached hydrogen (secondary N) is 1. The summed E-state index contributed by atoms with van der Waals surface area (Å²) in [5, 5.41) is 14.2. The van der Waals surface area contributed by atoms with E-state index in [1.165, 1.54) is 0 Å². The van der Waals surface area contributed by atoms with Gasteiger partial charge in [0.1, 0.15) is 11.5 Å². The molecule has 202 valence electrons. The first-order valence-corrected chi connectivity index (χ1v) is 13.2. The van der Waals surface area contributed by atoms with Crippen LogP contribution in [0.15, 0.2) is 95.4 Å². The molecule has 1 amide bonds. The summed E-state index contributed by atoms with van der Waals surface area (Å²) >= 11 is 0. The fraction of sp³-hybridized carbons (Fsp3) is 0.182. The van der Waals surface area contributed by atoms with E-state index in [0.29, 0.717) is 36.7 Å². The summed E-state index contributed by atoms with van der Waals surface area (Å²) in [6.07, 6.45) is 0.926. The van der Waals surface area contributed by atoms with Crippen molar-refractivity contribution in [1.82, 2.24) is 10.3 Å². The van der Waals surface area contributed by atoms with Crippen molar-refractivity contribution in [3.05, 3.63) is 119 Å². The lowest BCUT2D eigenvalue weighted by Crippen LogP contribution is -2.23. The highest BCUT2D eigenvalue weighted by molar-refractivity contribution is 5.98. The zero-order chi connectivity index (χ0) is 27.9. The molecule has 5 aromatic rings. The molecule has 4 aromatic carbocycles. The molecule has 0 spiro atoms. The Bertz CT molecular complexity index is 1640. The van der Waals surface area contributed by atoms with Gasteiger partial charge in [0, 0.05) is 30.5 Å². The van der Waals surface area contributed by atoms with E-state index >= 15 is 0 Å². The Balaban J connectivity index is 1.25. The van der Waals surface area contributed by atoms with Gasteiger partial charge in [0.25, 0.3) is 5.91 Å². The number of rotatable bonds is 11. The second-order valence-corrected chi connectivity index (χ2v) is 9.56. The Morgan fingerprint density at radius 1 is 0.875 bits per heavy atom. The second-order valence-electron chi connectivity index (χ2n) is 9.56. The van der Waals surface area contributed by atoms with Crippen LogP contribution in [0.3, 0.4) is 0 Å². The van der Waals surface area contributed by atoms with E-state index in [9.17, 15) is 14.7 Å². The largest absolute Gasteiger partial charge is 0.493 e. The molecule has 0 saturated carbocycles. The average molecular weight is 535 g/mol. The quantitative estimate of drug-likeness (QED) is 0.204. The Morgan fingerprint density at radius 2 is 1.65 bits per heavy atom. The summed E-state index contributed by atoms with van der Waals surface area (Å²) < 4.78 is 11.9. The lowest BCUT2D eigenvalue weighted by Gasteiger charge is -2.14. The van der Waals surface area contributed by atoms with Crippen molar-refractivity contribution >= 4 is 22.6 Å². The monoisotopic (exact) mass is 534 g/mol. The first-order valence-electron chi connectivity index (χ1n) is 13.2. The zero-order valence-electron chi connectivity index (χ0n) is 22.2. The summed E-state index contributed by atoms with van der Waals surface area (Å²) in [5.41, 5.74) is 3.99. The molecule has 0 aliphatic heterocycles. The minimum Gasteiger partial charge on any atom is -0.493 e. The van der Waals surface area contributed by atoms with E-state index in [0.717, 1.165) is 38.9 Å². The van der Waals surface area contributed by atoms with E-state index in [-0.39, 0.29) is 18.9 Å². The minimum absolute atomic E-state index is 0.00100. The molecule has 7 nitrogen and oxygen atoms in total. The van der Waals surface area contributed by atoms with E-state index in [2.05, 4.69) is 10.3 Å². The number of carbonyl (C=O) groups excluding carboxylic acids is 1. The number of nitrogens with zero attached hydrogens (tertiary/aromatic N) is 1. The SMILES string of the molecule is Cc1oc(-c2ccccc2)nc1CCOc1ccc(CCC(=O)O)c(CNC(=O)c2ccc3ccccc3c2)c1. The summed E-state index contributed by atoms with van der Waals surface area (Å²) in [6.45, 7) is 2.53. The predicted octanol–water partition coefficient (Wildman–Crippen LogP) is 6.37. The maximum atomic E-state index is 12.9. The van der Waals surface area contributed by atoms with Crippen molar-refractivity contribution in [2.75, 3.05) is 6.61 Å². The van der Waals surface area contributed by atoms with Crippen molar-refractivity contribution < 1.29 is 23.8 Å². The van der Waals surface area contributed by atoms with Crippen molar-refractivity contribution in [2.24, 2.45) is 0 Å². The van der Waals surface area contributed by atoms with Crippen LogP contribution in [-0.2, 0) is 24.2 Å². The Labute approximate surface area is 232 Å². The number of hydrogen-bond acceptors (Lipinski definition) is 5. The second kappa shape index (κ2) is 12.3. The molecular formula is C33H30N2O5. The van der Waals surface area contributed by atoms with Gasteiger partial charge in [-0.1, -0.05) is 54.6 Å². The van der Waals surface area contributed by atoms with E-state index in [1.807, 2.05) is 91.9 Å². The smallest absolute Gasteiger partial charge is 0.303 e. The molecule has 0 bridgehead atoms. The standard InChI is InChI=1S/C33H30N2O5/c1-22-30(35-33(40-22)25-8-3-2-4-9-25)17-18-39-29-15-13-24(14-16-31(36)37)28(20-29)21-34-32(38)27-12-11-23-7-5-6-10-26(23)19-27/h2-13,15,19-20H,14,16-18,21H2,1H3,(H,34,38)(H,36,37). The van der Waals surface area contributed by atoms with Gasteiger partial charge >= 0.3 is 5.97 Å². The number of oxazole rings is 1. The molecular weight excluding hydrogens is 504 g/mol. The lowest BCUT2D eigenvalue weighted by molar-refractivity contribution is -0.136. The Kier molecular flexibility index (Phi) is 8.21. The summed E-state index contributed by atoms with van der Waals surface area (Å²) in [5.74, 6) is 0.906.